The molecule has 0 amide bonds. The largest absolute Gasteiger partial charge is 0.512 e. The van der Waals surface area contributed by atoms with Crippen molar-refractivity contribution in [3.05, 3.63) is 115 Å². The maximum atomic E-state index is 10.0. The number of furan rings is 1. The normalized spacial score (nSPS) is 11.1. The van der Waals surface area contributed by atoms with Gasteiger partial charge in [0.25, 0.3) is 0 Å². The number of allylic oxidation sites excluding steroid dienone is 2. The number of aliphatic hydroxyl groups excluding tert-OH is 1. The molecule has 2 heterocycles. The first kappa shape index (κ1) is 26.0. The summed E-state index contributed by atoms with van der Waals surface area (Å²) in [5.41, 5.74) is 3.61. The Labute approximate surface area is 228 Å². The second-order valence-electron chi connectivity index (χ2n) is 8.59. The van der Waals surface area contributed by atoms with Gasteiger partial charge >= 0.3 is 0 Å². The average Bonchev–Trinajstić information content (AvgIpc) is 3.33. The van der Waals surface area contributed by atoms with E-state index in [-0.39, 0.29) is 31.6 Å². The Bertz CT molecular complexity index is 1730. The molecule has 0 fully saturated rings. The SMILES string of the molecule is CC(=O)/C=C(/C)O.[Ir].[c-]1cc2c(ccc3ccccc32)cc1-c1nccc2cc(-c3ccccc3)oc12. The fourth-order valence-corrected chi connectivity index (χ4v) is 4.28. The van der Waals surface area contributed by atoms with Gasteiger partial charge < -0.3 is 14.5 Å². The summed E-state index contributed by atoms with van der Waals surface area (Å²) in [6.07, 6.45) is 3.00. The molecule has 6 aromatic rings. The van der Waals surface area contributed by atoms with Crippen LogP contribution < -0.4 is 0 Å². The predicted molar refractivity (Wildman–Crippen MR) is 146 cm³/mol. The molecule has 0 aliphatic heterocycles. The molecule has 0 aliphatic rings. The van der Waals surface area contributed by atoms with E-state index in [1.807, 2.05) is 30.5 Å². The van der Waals surface area contributed by atoms with E-state index in [1.54, 1.807) is 0 Å². The molecule has 0 saturated carbocycles. The molecule has 0 unspecified atom stereocenters. The second kappa shape index (κ2) is 11.3. The molecule has 1 radical (unpaired) electrons. The Morgan fingerprint density at radius 2 is 1.59 bits per heavy atom. The van der Waals surface area contributed by atoms with Crippen molar-refractivity contribution in [3.63, 3.8) is 0 Å². The van der Waals surface area contributed by atoms with E-state index in [1.165, 1.54) is 41.5 Å². The third-order valence-corrected chi connectivity index (χ3v) is 5.84. The monoisotopic (exact) mass is 663 g/mol. The van der Waals surface area contributed by atoms with Gasteiger partial charge in [-0.25, -0.2) is 0 Å². The zero-order valence-electron chi connectivity index (χ0n) is 20.4. The van der Waals surface area contributed by atoms with Gasteiger partial charge in [0.2, 0.25) is 0 Å². The van der Waals surface area contributed by atoms with Gasteiger partial charge in [-0.2, -0.15) is 0 Å². The number of ketones is 1. The molecule has 0 atom stereocenters. The van der Waals surface area contributed by atoms with Gasteiger partial charge in [0.15, 0.2) is 5.78 Å². The maximum Gasteiger partial charge on any atom is 0.155 e. The number of carbonyl (C=O) groups excluding carboxylic acids is 1. The second-order valence-corrected chi connectivity index (χ2v) is 8.59. The molecular weight excluding hydrogens is 639 g/mol. The van der Waals surface area contributed by atoms with Crippen LogP contribution >= 0.6 is 0 Å². The van der Waals surface area contributed by atoms with Crippen LogP contribution in [0.1, 0.15) is 13.8 Å². The molecule has 5 heteroatoms. The summed E-state index contributed by atoms with van der Waals surface area (Å²) < 4.78 is 6.24. The summed E-state index contributed by atoms with van der Waals surface area (Å²) in [5.74, 6) is 0.786. The third kappa shape index (κ3) is 5.69. The molecule has 1 N–H and O–H groups in total. The summed E-state index contributed by atoms with van der Waals surface area (Å²) in [4.78, 5) is 14.6. The predicted octanol–water partition coefficient (Wildman–Crippen LogP) is 8.30. The molecule has 0 bridgehead atoms. The van der Waals surface area contributed by atoms with Crippen LogP contribution in [0.15, 0.2) is 113 Å². The van der Waals surface area contributed by atoms with Gasteiger partial charge in [0.05, 0.1) is 5.76 Å². The van der Waals surface area contributed by atoms with E-state index in [2.05, 4.69) is 77.8 Å². The first-order valence-electron chi connectivity index (χ1n) is 11.6. The molecule has 0 aliphatic carbocycles. The van der Waals surface area contributed by atoms with Crippen molar-refractivity contribution in [2.24, 2.45) is 0 Å². The number of benzene rings is 4. The maximum absolute atomic E-state index is 10.0. The number of hydrogen-bond acceptors (Lipinski definition) is 4. The van der Waals surface area contributed by atoms with Crippen LogP contribution in [0.2, 0.25) is 0 Å². The van der Waals surface area contributed by atoms with E-state index in [0.717, 1.165) is 33.6 Å². The van der Waals surface area contributed by atoms with Gasteiger partial charge in [-0.1, -0.05) is 77.5 Å². The van der Waals surface area contributed by atoms with Crippen LogP contribution in [0, 0.1) is 6.07 Å². The summed E-state index contributed by atoms with van der Waals surface area (Å²) in [6.45, 7) is 2.85. The number of fused-ring (bicyclic) bond motifs is 4. The quantitative estimate of drug-likeness (QED) is 0.0897. The van der Waals surface area contributed by atoms with Gasteiger partial charge in [-0.15, -0.1) is 29.1 Å². The van der Waals surface area contributed by atoms with Crippen LogP contribution in [0.3, 0.4) is 0 Å². The number of aliphatic hydroxyl groups is 1. The van der Waals surface area contributed by atoms with Crippen LogP contribution in [0.5, 0.6) is 0 Å². The van der Waals surface area contributed by atoms with E-state index >= 15 is 0 Å². The van der Waals surface area contributed by atoms with E-state index < -0.39 is 0 Å². The van der Waals surface area contributed by atoms with Crippen molar-refractivity contribution in [1.82, 2.24) is 4.98 Å². The van der Waals surface area contributed by atoms with Crippen molar-refractivity contribution >= 4 is 38.3 Å². The molecule has 4 nitrogen and oxygen atoms in total. The summed E-state index contributed by atoms with van der Waals surface area (Å²) in [5, 5.41) is 14.3. The van der Waals surface area contributed by atoms with E-state index in [0.29, 0.717) is 0 Å². The molecule has 0 saturated heterocycles. The van der Waals surface area contributed by atoms with Crippen molar-refractivity contribution in [2.45, 2.75) is 13.8 Å². The van der Waals surface area contributed by atoms with Crippen molar-refractivity contribution in [3.8, 4) is 22.6 Å². The number of aromatic nitrogens is 1. The van der Waals surface area contributed by atoms with Gasteiger partial charge in [-0.05, 0) is 31.4 Å². The van der Waals surface area contributed by atoms with E-state index in [4.69, 9.17) is 9.52 Å². The number of nitrogens with zero attached hydrogens (tertiary/aromatic N) is 1. The Morgan fingerprint density at radius 3 is 2.32 bits per heavy atom. The molecule has 0 spiro atoms. The number of carbonyl (C=O) groups is 1. The summed E-state index contributed by atoms with van der Waals surface area (Å²) in [6, 6.07) is 34.6. The fraction of sp³-hybridized carbons (Fsp3) is 0.0625. The Morgan fingerprint density at radius 1 is 0.865 bits per heavy atom. The van der Waals surface area contributed by atoms with Crippen molar-refractivity contribution in [1.29, 1.82) is 0 Å². The van der Waals surface area contributed by atoms with Crippen molar-refractivity contribution < 1.29 is 34.4 Å². The van der Waals surface area contributed by atoms with Crippen LogP contribution in [-0.4, -0.2) is 15.9 Å². The van der Waals surface area contributed by atoms with Crippen molar-refractivity contribution in [2.75, 3.05) is 0 Å². The van der Waals surface area contributed by atoms with Crippen LogP contribution in [0.25, 0.3) is 55.1 Å². The van der Waals surface area contributed by atoms with Gasteiger partial charge in [0, 0.05) is 49.0 Å². The number of hydrogen-bond donors (Lipinski definition) is 1. The first-order valence-corrected chi connectivity index (χ1v) is 11.6. The minimum absolute atomic E-state index is 0. The van der Waals surface area contributed by atoms with Gasteiger partial charge in [0.1, 0.15) is 11.3 Å². The third-order valence-electron chi connectivity index (χ3n) is 5.84. The van der Waals surface area contributed by atoms with Gasteiger partial charge in [-0.3, -0.25) is 4.79 Å². The van der Waals surface area contributed by atoms with Crippen LogP contribution in [0.4, 0.5) is 0 Å². The number of rotatable bonds is 3. The zero-order valence-corrected chi connectivity index (χ0v) is 22.8. The molecule has 4 aromatic carbocycles. The average molecular weight is 663 g/mol. The minimum Gasteiger partial charge on any atom is -0.512 e. The molecule has 185 valence electrons. The topological polar surface area (TPSA) is 63.3 Å². The Kier molecular flexibility index (Phi) is 7.98. The molecule has 37 heavy (non-hydrogen) atoms. The minimum atomic E-state index is -0.125. The Balaban J connectivity index is 0.000000356. The Hall–Kier alpha value is -4.05. The smallest absolute Gasteiger partial charge is 0.155 e. The van der Waals surface area contributed by atoms with E-state index in [9.17, 15) is 4.79 Å². The molecule has 2 aromatic heterocycles. The molecular formula is C32H24IrNO3-. The number of pyridine rings is 1. The zero-order chi connectivity index (χ0) is 25.1. The molecule has 6 rings (SSSR count). The fourth-order valence-electron chi connectivity index (χ4n) is 4.28. The first-order chi connectivity index (χ1) is 17.5. The summed E-state index contributed by atoms with van der Waals surface area (Å²) in [7, 11) is 0. The standard InChI is InChI=1S/C27H16NO.C5H8O2.Ir/c1-2-7-19(8-3-1)25-17-22-14-15-28-26(27(22)29-25)21-12-13-24-20(16-21)11-10-18-6-4-5-9-23(18)24;1-4(6)3-5(2)7;/h1-11,13-17H;3,6H,1-2H3;/q-1;;/b;4-3-;. The summed E-state index contributed by atoms with van der Waals surface area (Å²) >= 11 is 0. The van der Waals surface area contributed by atoms with Crippen LogP contribution in [-0.2, 0) is 24.9 Å².